The number of rotatable bonds is 3. The highest BCUT2D eigenvalue weighted by Gasteiger charge is 2.08. The van der Waals surface area contributed by atoms with Gasteiger partial charge in [0.2, 0.25) is 4.77 Å². The van der Waals surface area contributed by atoms with E-state index in [4.69, 9.17) is 23.8 Å². The van der Waals surface area contributed by atoms with Crippen LogP contribution in [0.5, 0.6) is 5.75 Å². The molecule has 0 spiro atoms. The topological polar surface area (TPSA) is 66.2 Å². The molecule has 0 fully saturated rings. The zero-order chi connectivity index (χ0) is 16.4. The van der Waals surface area contributed by atoms with Gasteiger partial charge < -0.3 is 5.11 Å². The molecule has 1 heterocycles. The first-order chi connectivity index (χ1) is 11.0. The standard InChI is InChI=1S/C15H10BrClN4OS/c16-11-4-5-13(22)10(6-11)8-18-21-14(19-20-15(21)23)9-2-1-3-12(17)7-9/h1-8,22H,(H,20,23)/b18-8-. The lowest BCUT2D eigenvalue weighted by atomic mass is 10.2. The van der Waals surface area contributed by atoms with Gasteiger partial charge in [0.1, 0.15) is 5.75 Å². The Balaban J connectivity index is 2.04. The van der Waals surface area contributed by atoms with Crippen LogP contribution < -0.4 is 0 Å². The Kier molecular flexibility index (Phi) is 4.61. The summed E-state index contributed by atoms with van der Waals surface area (Å²) in [5, 5.41) is 21.7. The van der Waals surface area contributed by atoms with Gasteiger partial charge in [0, 0.05) is 20.6 Å². The third-order valence-corrected chi connectivity index (χ3v) is 4.03. The van der Waals surface area contributed by atoms with Gasteiger partial charge in [-0.1, -0.05) is 39.7 Å². The molecule has 5 nitrogen and oxygen atoms in total. The molecule has 3 rings (SSSR count). The van der Waals surface area contributed by atoms with Gasteiger partial charge in [-0.2, -0.15) is 14.9 Å². The Hall–Kier alpha value is -1.96. The molecule has 0 aliphatic carbocycles. The molecule has 1 aromatic heterocycles. The summed E-state index contributed by atoms with van der Waals surface area (Å²) in [6, 6.07) is 12.3. The van der Waals surface area contributed by atoms with Crippen molar-refractivity contribution in [2.75, 3.05) is 0 Å². The normalized spacial score (nSPS) is 11.2. The molecule has 0 atom stereocenters. The molecule has 0 amide bonds. The van der Waals surface area contributed by atoms with Gasteiger partial charge in [0.15, 0.2) is 5.82 Å². The van der Waals surface area contributed by atoms with E-state index in [9.17, 15) is 5.11 Å². The second-order valence-corrected chi connectivity index (χ2v) is 6.36. The van der Waals surface area contributed by atoms with Crippen molar-refractivity contribution in [3.05, 3.63) is 62.3 Å². The van der Waals surface area contributed by atoms with Crippen molar-refractivity contribution in [2.45, 2.75) is 0 Å². The number of halogens is 2. The molecule has 2 N–H and O–H groups in total. The summed E-state index contributed by atoms with van der Waals surface area (Å²) in [6.45, 7) is 0. The first-order valence-electron chi connectivity index (χ1n) is 6.51. The number of phenolic OH excluding ortho intramolecular Hbond substituents is 1. The fourth-order valence-corrected chi connectivity index (χ4v) is 2.71. The lowest BCUT2D eigenvalue weighted by Crippen LogP contribution is -1.95. The predicted octanol–water partition coefficient (Wildman–Crippen LogP) is 4.61. The maximum absolute atomic E-state index is 9.87. The molecule has 8 heteroatoms. The van der Waals surface area contributed by atoms with Crippen LogP contribution >= 0.6 is 39.7 Å². The zero-order valence-electron chi connectivity index (χ0n) is 11.6. The van der Waals surface area contributed by atoms with Crippen molar-refractivity contribution < 1.29 is 5.11 Å². The van der Waals surface area contributed by atoms with E-state index in [0.717, 1.165) is 10.0 Å². The third-order valence-electron chi connectivity index (χ3n) is 3.04. The fraction of sp³-hybridized carbons (Fsp3) is 0. The van der Waals surface area contributed by atoms with Crippen molar-refractivity contribution in [1.29, 1.82) is 0 Å². The molecule has 2 aromatic carbocycles. The minimum Gasteiger partial charge on any atom is -0.507 e. The first kappa shape index (κ1) is 15.9. The van der Waals surface area contributed by atoms with Crippen molar-refractivity contribution in [2.24, 2.45) is 5.10 Å². The fourth-order valence-electron chi connectivity index (χ4n) is 1.96. The van der Waals surface area contributed by atoms with Gasteiger partial charge in [-0.15, -0.1) is 0 Å². The molecule has 0 saturated carbocycles. The van der Waals surface area contributed by atoms with E-state index in [1.807, 2.05) is 12.1 Å². The number of aromatic nitrogens is 3. The summed E-state index contributed by atoms with van der Waals surface area (Å²) in [5.74, 6) is 0.652. The molecule has 0 saturated heterocycles. The molecule has 0 aliphatic rings. The van der Waals surface area contributed by atoms with Crippen LogP contribution in [0.2, 0.25) is 5.02 Å². The quantitative estimate of drug-likeness (QED) is 0.490. The summed E-state index contributed by atoms with van der Waals surface area (Å²) in [6.07, 6.45) is 1.51. The number of aromatic amines is 1. The van der Waals surface area contributed by atoms with E-state index in [1.165, 1.54) is 10.9 Å². The summed E-state index contributed by atoms with van der Waals surface area (Å²) in [7, 11) is 0. The average Bonchev–Trinajstić information content (AvgIpc) is 2.89. The maximum Gasteiger partial charge on any atom is 0.216 e. The van der Waals surface area contributed by atoms with Crippen molar-refractivity contribution in [3.8, 4) is 17.1 Å². The molecule has 0 unspecified atom stereocenters. The summed E-state index contributed by atoms with van der Waals surface area (Å²) >= 11 is 14.6. The van der Waals surface area contributed by atoms with E-state index in [2.05, 4.69) is 31.2 Å². The van der Waals surface area contributed by atoms with Crippen molar-refractivity contribution in [1.82, 2.24) is 14.9 Å². The number of nitrogens with zero attached hydrogens (tertiary/aromatic N) is 3. The van der Waals surface area contributed by atoms with Gasteiger partial charge in [0.25, 0.3) is 0 Å². The lowest BCUT2D eigenvalue weighted by molar-refractivity contribution is 0.474. The highest BCUT2D eigenvalue weighted by atomic mass is 79.9. The molecular weight excluding hydrogens is 400 g/mol. The van der Waals surface area contributed by atoms with E-state index in [0.29, 0.717) is 21.2 Å². The number of phenols is 1. The Morgan fingerprint density at radius 3 is 2.91 bits per heavy atom. The molecule has 3 aromatic rings. The minimum atomic E-state index is 0.122. The molecule has 0 radical (unpaired) electrons. The number of nitrogens with one attached hydrogen (secondary N) is 1. The maximum atomic E-state index is 9.87. The SMILES string of the molecule is Oc1ccc(Br)cc1/C=N\n1c(-c2cccc(Cl)c2)n[nH]c1=S. The number of hydrogen-bond acceptors (Lipinski definition) is 4. The summed E-state index contributed by atoms with van der Waals surface area (Å²) < 4.78 is 2.65. The largest absolute Gasteiger partial charge is 0.507 e. The van der Waals surface area contributed by atoms with Gasteiger partial charge in [-0.05, 0) is 42.5 Å². The Labute approximate surface area is 150 Å². The number of aromatic hydroxyl groups is 1. The molecule has 0 bridgehead atoms. The van der Waals surface area contributed by atoms with Gasteiger partial charge in [-0.3, -0.25) is 0 Å². The third kappa shape index (κ3) is 3.52. The lowest BCUT2D eigenvalue weighted by Gasteiger charge is -2.02. The number of benzene rings is 2. The van der Waals surface area contributed by atoms with Crippen LogP contribution in [0.4, 0.5) is 0 Å². The molecule has 0 aliphatic heterocycles. The van der Waals surface area contributed by atoms with Crippen molar-refractivity contribution >= 4 is 46.0 Å². The molecule has 116 valence electrons. The van der Waals surface area contributed by atoms with Gasteiger partial charge in [0.05, 0.1) is 6.21 Å². The van der Waals surface area contributed by atoms with E-state index < -0.39 is 0 Å². The Morgan fingerprint density at radius 1 is 1.30 bits per heavy atom. The van der Waals surface area contributed by atoms with Crippen LogP contribution in [0.25, 0.3) is 11.4 Å². The Bertz CT molecular complexity index is 951. The van der Waals surface area contributed by atoms with E-state index >= 15 is 0 Å². The highest BCUT2D eigenvalue weighted by molar-refractivity contribution is 9.10. The smallest absolute Gasteiger partial charge is 0.216 e. The highest BCUT2D eigenvalue weighted by Crippen LogP contribution is 2.22. The summed E-state index contributed by atoms with van der Waals surface area (Å²) in [5.41, 5.74) is 1.33. The van der Waals surface area contributed by atoms with Gasteiger partial charge in [-0.25, -0.2) is 5.10 Å². The minimum absolute atomic E-state index is 0.122. The van der Waals surface area contributed by atoms with Crippen LogP contribution in [0.3, 0.4) is 0 Å². The molecular formula is C15H10BrClN4OS. The van der Waals surface area contributed by atoms with Gasteiger partial charge >= 0.3 is 0 Å². The van der Waals surface area contributed by atoms with E-state index in [-0.39, 0.29) is 5.75 Å². The second-order valence-electron chi connectivity index (χ2n) is 4.62. The summed E-state index contributed by atoms with van der Waals surface area (Å²) in [4.78, 5) is 0. The van der Waals surface area contributed by atoms with Crippen LogP contribution in [-0.4, -0.2) is 26.2 Å². The zero-order valence-corrected chi connectivity index (χ0v) is 14.7. The monoisotopic (exact) mass is 408 g/mol. The Morgan fingerprint density at radius 2 is 2.13 bits per heavy atom. The van der Waals surface area contributed by atoms with Crippen LogP contribution in [0.15, 0.2) is 52.0 Å². The van der Waals surface area contributed by atoms with Crippen LogP contribution in [0.1, 0.15) is 5.56 Å². The predicted molar refractivity (Wildman–Crippen MR) is 96.7 cm³/mol. The second kappa shape index (κ2) is 6.66. The average molecular weight is 410 g/mol. The van der Waals surface area contributed by atoms with Crippen LogP contribution in [-0.2, 0) is 0 Å². The molecule has 23 heavy (non-hydrogen) atoms. The van der Waals surface area contributed by atoms with E-state index in [1.54, 1.807) is 30.3 Å². The number of hydrogen-bond donors (Lipinski definition) is 2. The van der Waals surface area contributed by atoms with Crippen molar-refractivity contribution in [3.63, 3.8) is 0 Å². The van der Waals surface area contributed by atoms with Crippen LogP contribution in [0, 0.1) is 4.77 Å². The first-order valence-corrected chi connectivity index (χ1v) is 8.09. The number of H-pyrrole nitrogens is 1.